The molecule has 0 bridgehead atoms. The summed E-state index contributed by atoms with van der Waals surface area (Å²) in [5.41, 5.74) is 1.92. The smallest absolute Gasteiger partial charge is 0.309 e. The molecule has 1 fully saturated rings. The molecule has 1 aromatic rings. The molecule has 0 unspecified atom stereocenters. The number of nitrogens with zero attached hydrogens (tertiary/aromatic N) is 2. The number of hydrogen-bond acceptors (Lipinski definition) is 4. The van der Waals surface area contributed by atoms with Crippen LogP contribution in [0.4, 0.5) is 5.69 Å². The van der Waals surface area contributed by atoms with E-state index in [4.69, 9.17) is 4.74 Å². The van der Waals surface area contributed by atoms with Crippen LogP contribution in [0.1, 0.15) is 45.1 Å². The molecular weight excluding hydrogens is 356 g/mol. The molecule has 1 aliphatic heterocycles. The van der Waals surface area contributed by atoms with Gasteiger partial charge in [-0.15, -0.1) is 0 Å². The van der Waals surface area contributed by atoms with Gasteiger partial charge in [0.1, 0.15) is 0 Å². The maximum absolute atomic E-state index is 11.9. The molecule has 2 rings (SSSR count). The molecule has 2 N–H and O–H groups in total. The summed E-state index contributed by atoms with van der Waals surface area (Å²) in [5, 5.41) is 6.27. The van der Waals surface area contributed by atoms with Crippen molar-refractivity contribution in [2.24, 2.45) is 10.9 Å². The number of piperidine rings is 1. The molecule has 154 valence electrons. The average Bonchev–Trinajstić information content (AvgIpc) is 2.70. The summed E-state index contributed by atoms with van der Waals surface area (Å²) in [7, 11) is 1.77. The van der Waals surface area contributed by atoms with Crippen LogP contribution in [0.5, 0.6) is 0 Å². The van der Waals surface area contributed by atoms with Crippen molar-refractivity contribution in [3.8, 4) is 0 Å². The summed E-state index contributed by atoms with van der Waals surface area (Å²) in [6.07, 6.45) is 2.94. The summed E-state index contributed by atoms with van der Waals surface area (Å²) >= 11 is 0. The fourth-order valence-electron chi connectivity index (χ4n) is 3.26. The summed E-state index contributed by atoms with van der Waals surface area (Å²) in [5.74, 6) is 0.781. The number of anilines is 1. The normalized spacial score (nSPS) is 15.2. The van der Waals surface area contributed by atoms with E-state index < -0.39 is 0 Å². The quantitative estimate of drug-likeness (QED) is 0.426. The maximum atomic E-state index is 11.9. The van der Waals surface area contributed by atoms with Crippen molar-refractivity contribution in [1.82, 2.24) is 10.2 Å². The summed E-state index contributed by atoms with van der Waals surface area (Å²) in [6.45, 7) is 6.47. The van der Waals surface area contributed by atoms with Gasteiger partial charge < -0.3 is 20.3 Å². The Hall–Kier alpha value is -2.57. The first-order valence-corrected chi connectivity index (χ1v) is 10.1. The number of aliphatic imine (C=N–C) groups is 1. The third kappa shape index (κ3) is 6.55. The van der Waals surface area contributed by atoms with Crippen molar-refractivity contribution < 1.29 is 14.3 Å². The van der Waals surface area contributed by atoms with E-state index in [0.717, 1.165) is 49.6 Å². The number of ether oxygens (including phenoxy) is 1. The highest BCUT2D eigenvalue weighted by Crippen LogP contribution is 2.19. The van der Waals surface area contributed by atoms with Crippen molar-refractivity contribution in [2.45, 2.75) is 46.1 Å². The average molecular weight is 389 g/mol. The number of amides is 1. The molecule has 0 radical (unpaired) electrons. The van der Waals surface area contributed by atoms with Crippen LogP contribution in [-0.4, -0.2) is 49.5 Å². The lowest BCUT2D eigenvalue weighted by Gasteiger charge is -2.33. The van der Waals surface area contributed by atoms with Gasteiger partial charge in [0, 0.05) is 38.8 Å². The van der Waals surface area contributed by atoms with E-state index in [1.807, 2.05) is 38.1 Å². The van der Waals surface area contributed by atoms with Gasteiger partial charge in [0.2, 0.25) is 5.91 Å². The number of guanidine groups is 1. The minimum Gasteiger partial charge on any atom is -0.466 e. The number of carbonyl (C=O) groups is 2. The SMILES string of the molecule is CCCC(=O)Nc1ccc(CNC(=NC)N2CCC(C(=O)OCC)CC2)cc1. The lowest BCUT2D eigenvalue weighted by Crippen LogP contribution is -2.46. The predicted molar refractivity (Wildman–Crippen MR) is 111 cm³/mol. The molecule has 1 saturated heterocycles. The van der Waals surface area contributed by atoms with Crippen LogP contribution in [0, 0.1) is 5.92 Å². The Bertz CT molecular complexity index is 665. The zero-order valence-electron chi connectivity index (χ0n) is 17.2. The second-order valence-electron chi connectivity index (χ2n) is 6.91. The van der Waals surface area contributed by atoms with Crippen molar-refractivity contribution in [3.05, 3.63) is 29.8 Å². The Balaban J connectivity index is 1.81. The van der Waals surface area contributed by atoms with E-state index in [2.05, 4.69) is 20.5 Å². The first kappa shape index (κ1) is 21.7. The van der Waals surface area contributed by atoms with Crippen molar-refractivity contribution >= 4 is 23.5 Å². The van der Waals surface area contributed by atoms with Gasteiger partial charge >= 0.3 is 5.97 Å². The van der Waals surface area contributed by atoms with Crippen LogP contribution in [0.3, 0.4) is 0 Å². The van der Waals surface area contributed by atoms with Gasteiger partial charge in [0.25, 0.3) is 0 Å². The van der Waals surface area contributed by atoms with Gasteiger partial charge in [-0.05, 0) is 43.9 Å². The van der Waals surface area contributed by atoms with Gasteiger partial charge in [-0.1, -0.05) is 19.1 Å². The van der Waals surface area contributed by atoms with Crippen LogP contribution in [0.25, 0.3) is 0 Å². The number of benzene rings is 1. The van der Waals surface area contributed by atoms with E-state index in [-0.39, 0.29) is 17.8 Å². The van der Waals surface area contributed by atoms with Crippen LogP contribution >= 0.6 is 0 Å². The van der Waals surface area contributed by atoms with Crippen molar-refractivity contribution in [2.75, 3.05) is 32.1 Å². The molecule has 0 aromatic heterocycles. The topological polar surface area (TPSA) is 83.0 Å². The number of nitrogens with one attached hydrogen (secondary N) is 2. The highest BCUT2D eigenvalue weighted by atomic mass is 16.5. The molecule has 7 nitrogen and oxygen atoms in total. The van der Waals surface area contributed by atoms with E-state index in [9.17, 15) is 9.59 Å². The fraction of sp³-hybridized carbons (Fsp3) is 0.571. The molecule has 0 atom stereocenters. The Kier molecular flexibility index (Phi) is 8.78. The third-order valence-electron chi connectivity index (χ3n) is 4.79. The molecule has 0 aliphatic carbocycles. The van der Waals surface area contributed by atoms with Crippen molar-refractivity contribution in [1.29, 1.82) is 0 Å². The number of likely N-dealkylation sites (tertiary alicyclic amines) is 1. The number of rotatable bonds is 7. The number of esters is 1. The van der Waals surface area contributed by atoms with Crippen LogP contribution in [-0.2, 0) is 20.9 Å². The van der Waals surface area contributed by atoms with Crippen LogP contribution in [0.15, 0.2) is 29.3 Å². The molecule has 28 heavy (non-hydrogen) atoms. The third-order valence-corrected chi connectivity index (χ3v) is 4.79. The first-order chi connectivity index (χ1) is 13.6. The van der Waals surface area contributed by atoms with Gasteiger partial charge in [0.05, 0.1) is 12.5 Å². The molecule has 1 aromatic carbocycles. The standard InChI is InChI=1S/C21H32N4O3/c1-4-6-19(26)24-18-9-7-16(8-10-18)15-23-21(22-3)25-13-11-17(12-14-25)20(27)28-5-2/h7-10,17H,4-6,11-15H2,1-3H3,(H,22,23)(H,24,26). The summed E-state index contributed by atoms with van der Waals surface area (Å²) in [4.78, 5) is 30.1. The van der Waals surface area contributed by atoms with Crippen LogP contribution in [0.2, 0.25) is 0 Å². The number of hydrogen-bond donors (Lipinski definition) is 2. The summed E-state index contributed by atoms with van der Waals surface area (Å²) < 4.78 is 5.13. The fourth-order valence-corrected chi connectivity index (χ4v) is 3.26. The van der Waals surface area contributed by atoms with Gasteiger partial charge in [-0.2, -0.15) is 0 Å². The largest absolute Gasteiger partial charge is 0.466 e. The molecule has 1 aliphatic rings. The van der Waals surface area contributed by atoms with E-state index in [1.165, 1.54) is 0 Å². The monoisotopic (exact) mass is 388 g/mol. The predicted octanol–water partition coefficient (Wildman–Crippen LogP) is 2.78. The lowest BCUT2D eigenvalue weighted by molar-refractivity contribution is -0.149. The molecular formula is C21H32N4O3. The van der Waals surface area contributed by atoms with Crippen molar-refractivity contribution in [3.63, 3.8) is 0 Å². The second kappa shape index (κ2) is 11.3. The molecule has 1 amide bonds. The zero-order valence-corrected chi connectivity index (χ0v) is 17.2. The summed E-state index contributed by atoms with van der Waals surface area (Å²) in [6, 6.07) is 7.82. The van der Waals surface area contributed by atoms with Gasteiger partial charge in [-0.3, -0.25) is 14.6 Å². The second-order valence-corrected chi connectivity index (χ2v) is 6.91. The molecule has 1 heterocycles. The highest BCUT2D eigenvalue weighted by Gasteiger charge is 2.27. The Morgan fingerprint density at radius 3 is 2.43 bits per heavy atom. The van der Waals surface area contributed by atoms with E-state index in [1.54, 1.807) is 7.05 Å². The molecule has 0 saturated carbocycles. The van der Waals surface area contributed by atoms with E-state index in [0.29, 0.717) is 19.6 Å². The minimum absolute atomic E-state index is 0.00947. The Labute approximate surface area is 167 Å². The molecule has 0 spiro atoms. The van der Waals surface area contributed by atoms with E-state index >= 15 is 0 Å². The highest BCUT2D eigenvalue weighted by molar-refractivity contribution is 5.90. The van der Waals surface area contributed by atoms with Crippen LogP contribution < -0.4 is 10.6 Å². The van der Waals surface area contributed by atoms with Gasteiger partial charge in [0.15, 0.2) is 5.96 Å². The Morgan fingerprint density at radius 2 is 1.86 bits per heavy atom. The van der Waals surface area contributed by atoms with Gasteiger partial charge in [-0.25, -0.2) is 0 Å². The zero-order chi connectivity index (χ0) is 20.4. The maximum Gasteiger partial charge on any atom is 0.309 e. The first-order valence-electron chi connectivity index (χ1n) is 10.1. The molecule has 7 heteroatoms. The lowest BCUT2D eigenvalue weighted by atomic mass is 9.97. The Morgan fingerprint density at radius 1 is 1.18 bits per heavy atom. The minimum atomic E-state index is -0.0868. The number of carbonyl (C=O) groups excluding carboxylic acids is 2.